The predicted octanol–water partition coefficient (Wildman–Crippen LogP) is 1.85. The fraction of sp³-hybridized carbons (Fsp3) is 0.273. The van der Waals surface area contributed by atoms with Crippen LogP contribution in [0.3, 0.4) is 0 Å². The van der Waals surface area contributed by atoms with Crippen molar-refractivity contribution < 1.29 is 4.39 Å². The Kier molecular flexibility index (Phi) is 3.40. The van der Waals surface area contributed by atoms with Crippen molar-refractivity contribution in [3.63, 3.8) is 0 Å². The molecular weight excluding hydrogens is 243 g/mol. The average Bonchev–Trinajstić information content (AvgIpc) is 2.64. The molecule has 2 aromatic rings. The molecule has 0 amide bonds. The standard InChI is InChI=1S/C11H12ClFN4/c1-17-11(15-6-16-17)5-10(14)8-3-2-7(13)4-9(8)12/h2-4,6,10H,5,14H2,1H3. The largest absolute Gasteiger partial charge is 0.324 e. The zero-order chi connectivity index (χ0) is 12.4. The number of nitrogens with zero attached hydrogens (tertiary/aromatic N) is 3. The molecule has 4 nitrogen and oxygen atoms in total. The van der Waals surface area contributed by atoms with Crippen LogP contribution >= 0.6 is 11.6 Å². The summed E-state index contributed by atoms with van der Waals surface area (Å²) in [6.45, 7) is 0. The first-order valence-electron chi connectivity index (χ1n) is 5.11. The van der Waals surface area contributed by atoms with Gasteiger partial charge in [0, 0.05) is 24.5 Å². The van der Waals surface area contributed by atoms with E-state index >= 15 is 0 Å². The summed E-state index contributed by atoms with van der Waals surface area (Å²) < 4.78 is 14.6. The Morgan fingerprint density at radius 2 is 2.29 bits per heavy atom. The fourth-order valence-electron chi connectivity index (χ4n) is 1.61. The molecule has 6 heteroatoms. The fourth-order valence-corrected chi connectivity index (χ4v) is 1.92. The Bertz CT molecular complexity index is 526. The molecule has 17 heavy (non-hydrogen) atoms. The third-order valence-corrected chi connectivity index (χ3v) is 2.90. The molecule has 1 aromatic carbocycles. The molecule has 1 heterocycles. The summed E-state index contributed by atoms with van der Waals surface area (Å²) in [5, 5.41) is 4.29. The van der Waals surface area contributed by atoms with E-state index in [9.17, 15) is 4.39 Å². The third-order valence-electron chi connectivity index (χ3n) is 2.57. The van der Waals surface area contributed by atoms with E-state index in [1.165, 1.54) is 18.5 Å². The van der Waals surface area contributed by atoms with Crippen LogP contribution in [0.25, 0.3) is 0 Å². The third kappa shape index (κ3) is 2.62. The van der Waals surface area contributed by atoms with Crippen molar-refractivity contribution in [3.8, 4) is 0 Å². The van der Waals surface area contributed by atoms with Crippen LogP contribution in [0.1, 0.15) is 17.4 Å². The van der Waals surface area contributed by atoms with Crippen LogP contribution in [0.15, 0.2) is 24.5 Å². The topological polar surface area (TPSA) is 56.7 Å². The average molecular weight is 255 g/mol. The van der Waals surface area contributed by atoms with Gasteiger partial charge in [-0.05, 0) is 17.7 Å². The highest BCUT2D eigenvalue weighted by molar-refractivity contribution is 6.31. The second-order valence-electron chi connectivity index (χ2n) is 3.78. The minimum absolute atomic E-state index is 0.328. The number of aromatic nitrogens is 3. The molecular formula is C11H12ClFN4. The van der Waals surface area contributed by atoms with Gasteiger partial charge in [-0.2, -0.15) is 5.10 Å². The minimum atomic E-state index is -0.371. The normalized spacial score (nSPS) is 12.7. The first-order valence-corrected chi connectivity index (χ1v) is 5.49. The van der Waals surface area contributed by atoms with Crippen molar-refractivity contribution in [2.75, 3.05) is 0 Å². The lowest BCUT2D eigenvalue weighted by Gasteiger charge is -2.13. The summed E-state index contributed by atoms with van der Waals surface area (Å²) in [6, 6.07) is 3.87. The summed E-state index contributed by atoms with van der Waals surface area (Å²) in [7, 11) is 1.79. The van der Waals surface area contributed by atoms with E-state index in [0.717, 1.165) is 5.82 Å². The van der Waals surface area contributed by atoms with Crippen LogP contribution in [-0.4, -0.2) is 14.8 Å². The maximum Gasteiger partial charge on any atom is 0.138 e. The van der Waals surface area contributed by atoms with Gasteiger partial charge in [0.15, 0.2) is 0 Å². The van der Waals surface area contributed by atoms with Crippen LogP contribution < -0.4 is 5.73 Å². The van der Waals surface area contributed by atoms with E-state index in [1.54, 1.807) is 17.8 Å². The van der Waals surface area contributed by atoms with Gasteiger partial charge in [0.1, 0.15) is 18.0 Å². The molecule has 0 radical (unpaired) electrons. The van der Waals surface area contributed by atoms with Gasteiger partial charge in [-0.15, -0.1) is 0 Å². The maximum atomic E-state index is 12.9. The highest BCUT2D eigenvalue weighted by Crippen LogP contribution is 2.24. The lowest BCUT2D eigenvalue weighted by molar-refractivity contribution is 0.615. The van der Waals surface area contributed by atoms with Crippen molar-refractivity contribution in [2.24, 2.45) is 12.8 Å². The number of rotatable bonds is 3. The Morgan fingerprint density at radius 3 is 2.88 bits per heavy atom. The van der Waals surface area contributed by atoms with E-state index in [0.29, 0.717) is 17.0 Å². The number of hydrogen-bond acceptors (Lipinski definition) is 3. The zero-order valence-electron chi connectivity index (χ0n) is 9.27. The van der Waals surface area contributed by atoms with E-state index in [-0.39, 0.29) is 11.9 Å². The van der Waals surface area contributed by atoms with Crippen molar-refractivity contribution in [3.05, 3.63) is 46.8 Å². The van der Waals surface area contributed by atoms with Gasteiger partial charge in [-0.3, -0.25) is 4.68 Å². The van der Waals surface area contributed by atoms with Crippen molar-refractivity contribution in [1.29, 1.82) is 0 Å². The molecule has 1 unspecified atom stereocenters. The SMILES string of the molecule is Cn1ncnc1CC(N)c1ccc(F)cc1Cl. The first kappa shape index (κ1) is 12.0. The molecule has 2 rings (SSSR count). The monoisotopic (exact) mass is 254 g/mol. The smallest absolute Gasteiger partial charge is 0.138 e. The van der Waals surface area contributed by atoms with Gasteiger partial charge in [-0.25, -0.2) is 9.37 Å². The summed E-state index contributed by atoms with van der Waals surface area (Å²) in [4.78, 5) is 4.08. The Labute approximate surface area is 103 Å². The minimum Gasteiger partial charge on any atom is -0.324 e. The molecule has 1 atom stereocenters. The second-order valence-corrected chi connectivity index (χ2v) is 4.18. The van der Waals surface area contributed by atoms with Crippen LogP contribution in [-0.2, 0) is 13.5 Å². The van der Waals surface area contributed by atoms with E-state index in [2.05, 4.69) is 10.1 Å². The lowest BCUT2D eigenvalue weighted by atomic mass is 10.0. The molecule has 90 valence electrons. The number of hydrogen-bond donors (Lipinski definition) is 1. The molecule has 2 N–H and O–H groups in total. The Morgan fingerprint density at radius 1 is 1.53 bits per heavy atom. The second kappa shape index (κ2) is 4.81. The van der Waals surface area contributed by atoms with Crippen molar-refractivity contribution in [1.82, 2.24) is 14.8 Å². The van der Waals surface area contributed by atoms with Crippen LogP contribution in [0, 0.1) is 5.82 Å². The molecule has 0 fully saturated rings. The predicted molar refractivity (Wildman–Crippen MR) is 63.0 cm³/mol. The van der Waals surface area contributed by atoms with Crippen LogP contribution in [0.2, 0.25) is 5.02 Å². The molecule has 0 aliphatic carbocycles. The van der Waals surface area contributed by atoms with Crippen LogP contribution in [0.4, 0.5) is 4.39 Å². The number of benzene rings is 1. The van der Waals surface area contributed by atoms with E-state index in [4.69, 9.17) is 17.3 Å². The van der Waals surface area contributed by atoms with E-state index < -0.39 is 0 Å². The van der Waals surface area contributed by atoms with Gasteiger partial charge in [0.25, 0.3) is 0 Å². The van der Waals surface area contributed by atoms with E-state index in [1.807, 2.05) is 0 Å². The maximum absolute atomic E-state index is 12.9. The number of aryl methyl sites for hydroxylation is 1. The molecule has 0 aliphatic rings. The highest BCUT2D eigenvalue weighted by atomic mass is 35.5. The zero-order valence-corrected chi connectivity index (χ0v) is 10.0. The van der Waals surface area contributed by atoms with Crippen molar-refractivity contribution in [2.45, 2.75) is 12.5 Å². The summed E-state index contributed by atoms with van der Waals surface area (Å²) >= 11 is 5.94. The Hall–Kier alpha value is -1.46. The molecule has 1 aromatic heterocycles. The van der Waals surface area contributed by atoms with Gasteiger partial charge in [0.05, 0.1) is 0 Å². The Balaban J connectivity index is 2.20. The molecule has 0 spiro atoms. The first-order chi connectivity index (χ1) is 8.08. The van der Waals surface area contributed by atoms with Gasteiger partial charge < -0.3 is 5.73 Å². The quantitative estimate of drug-likeness (QED) is 0.910. The summed E-state index contributed by atoms with van der Waals surface area (Å²) in [6.07, 6.45) is 1.97. The summed E-state index contributed by atoms with van der Waals surface area (Å²) in [5.41, 5.74) is 6.72. The number of halogens is 2. The lowest BCUT2D eigenvalue weighted by Crippen LogP contribution is -2.16. The highest BCUT2D eigenvalue weighted by Gasteiger charge is 2.14. The summed E-state index contributed by atoms with van der Waals surface area (Å²) in [5.74, 6) is 0.391. The van der Waals surface area contributed by atoms with Gasteiger partial charge in [-0.1, -0.05) is 17.7 Å². The molecule has 0 saturated heterocycles. The number of nitrogens with two attached hydrogens (primary N) is 1. The molecule has 0 aliphatic heterocycles. The van der Waals surface area contributed by atoms with Gasteiger partial charge >= 0.3 is 0 Å². The molecule has 0 bridgehead atoms. The molecule has 0 saturated carbocycles. The van der Waals surface area contributed by atoms with Gasteiger partial charge in [0.2, 0.25) is 0 Å². The van der Waals surface area contributed by atoms with Crippen LogP contribution in [0.5, 0.6) is 0 Å². The van der Waals surface area contributed by atoms with Crippen molar-refractivity contribution >= 4 is 11.6 Å².